The van der Waals surface area contributed by atoms with E-state index in [0.29, 0.717) is 6.42 Å². The summed E-state index contributed by atoms with van der Waals surface area (Å²) in [6.07, 6.45) is 1.34. The highest BCUT2D eigenvalue weighted by molar-refractivity contribution is 5.54. The number of carbonyl (C=O) groups excluding carboxylic acids is 1. The van der Waals surface area contributed by atoms with Crippen LogP contribution in [0.4, 0.5) is 0 Å². The Labute approximate surface area is 92.3 Å². The average Bonchev–Trinajstić information content (AvgIpc) is 2.72. The molecule has 16 heavy (non-hydrogen) atoms. The van der Waals surface area contributed by atoms with E-state index in [0.717, 1.165) is 6.29 Å². The number of ether oxygens (including phenoxy) is 1. The first kappa shape index (κ1) is 9.53. The lowest BCUT2D eigenvalue weighted by Crippen LogP contribution is -2.31. The van der Waals surface area contributed by atoms with E-state index in [1.807, 2.05) is 0 Å². The third-order valence-corrected chi connectivity index (χ3v) is 2.62. The van der Waals surface area contributed by atoms with Gasteiger partial charge in [0.25, 0.3) is 5.56 Å². The maximum Gasteiger partial charge on any atom is 0.330 e. The summed E-state index contributed by atoms with van der Waals surface area (Å²) in [4.78, 5) is 35.3. The zero-order valence-corrected chi connectivity index (χ0v) is 8.46. The largest absolute Gasteiger partial charge is 0.354 e. The molecule has 1 aromatic heterocycles. The second-order valence-electron chi connectivity index (χ2n) is 3.68. The van der Waals surface area contributed by atoms with Crippen molar-refractivity contribution in [2.24, 2.45) is 5.92 Å². The van der Waals surface area contributed by atoms with E-state index in [2.05, 4.69) is 4.98 Å². The van der Waals surface area contributed by atoms with Crippen LogP contribution >= 0.6 is 0 Å². The predicted molar refractivity (Wildman–Crippen MR) is 55.1 cm³/mol. The van der Waals surface area contributed by atoms with Gasteiger partial charge in [0.2, 0.25) is 0 Å². The Morgan fingerprint density at radius 3 is 3.06 bits per heavy atom. The number of nitrogens with zero attached hydrogens (tertiary/aromatic N) is 1. The van der Waals surface area contributed by atoms with Crippen LogP contribution in [-0.4, -0.2) is 21.9 Å². The van der Waals surface area contributed by atoms with E-state index in [9.17, 15) is 14.4 Å². The Morgan fingerprint density at radius 1 is 1.69 bits per heavy atom. The molecule has 0 saturated carbocycles. The van der Waals surface area contributed by atoms with Gasteiger partial charge in [-0.25, -0.2) is 4.79 Å². The number of hydrogen-bond donors (Lipinski definition) is 1. The molecule has 1 aromatic rings. The van der Waals surface area contributed by atoms with Crippen molar-refractivity contribution in [1.82, 2.24) is 9.55 Å². The molecule has 86 valence electrons. The van der Waals surface area contributed by atoms with Gasteiger partial charge in [0.1, 0.15) is 12.5 Å². The van der Waals surface area contributed by atoms with Crippen LogP contribution in [0.15, 0.2) is 21.9 Å². The zero-order chi connectivity index (χ0) is 12.4. The number of rotatable bonds is 2. The van der Waals surface area contributed by atoms with E-state index < -0.39 is 23.6 Å². The Balaban J connectivity index is 2.28. The topological polar surface area (TPSA) is 81.2 Å². The van der Waals surface area contributed by atoms with E-state index in [1.165, 1.54) is 16.8 Å². The standard InChI is InChI=1S/C10H12N2O4/c1-6-7(5-13)4-9(16-6)12-3-2-8(14)11-10(12)15/h2-3,5-7,9H,4H2,1H3,(H,11,14,15)/t6-,7-,9-/m1/s1/i1T. The summed E-state index contributed by atoms with van der Waals surface area (Å²) >= 11 is 0. The van der Waals surface area contributed by atoms with Gasteiger partial charge in [-0.2, -0.15) is 0 Å². The maximum atomic E-state index is 11.5. The second kappa shape index (κ2) is 4.05. The van der Waals surface area contributed by atoms with Crippen molar-refractivity contribution in [1.29, 1.82) is 0 Å². The summed E-state index contributed by atoms with van der Waals surface area (Å²) in [6, 6.07) is 1.22. The molecule has 2 rings (SSSR count). The van der Waals surface area contributed by atoms with Crippen LogP contribution in [0.25, 0.3) is 0 Å². The first-order valence-corrected chi connectivity index (χ1v) is 4.87. The van der Waals surface area contributed by atoms with Crippen molar-refractivity contribution in [2.45, 2.75) is 25.7 Å². The maximum absolute atomic E-state index is 11.5. The first-order chi connectivity index (χ1) is 8.15. The molecule has 3 atom stereocenters. The van der Waals surface area contributed by atoms with Crippen LogP contribution in [0.1, 0.15) is 20.9 Å². The van der Waals surface area contributed by atoms with E-state index in [1.54, 1.807) is 0 Å². The second-order valence-corrected chi connectivity index (χ2v) is 3.68. The molecule has 1 aliphatic heterocycles. The number of carbonyl (C=O) groups is 1. The minimum Gasteiger partial charge on any atom is -0.354 e. The lowest BCUT2D eigenvalue weighted by atomic mass is 10.0. The van der Waals surface area contributed by atoms with Crippen LogP contribution in [0, 0.1) is 5.92 Å². The fraction of sp³-hybridized carbons (Fsp3) is 0.500. The zero-order valence-electron chi connectivity index (χ0n) is 9.46. The van der Waals surface area contributed by atoms with Crippen molar-refractivity contribution < 1.29 is 10.9 Å². The molecule has 1 fully saturated rings. The summed E-state index contributed by atoms with van der Waals surface area (Å²) in [5, 5.41) is 0. The van der Waals surface area contributed by atoms with Crippen molar-refractivity contribution in [3.63, 3.8) is 0 Å². The molecule has 0 bridgehead atoms. The Hall–Kier alpha value is -1.69. The number of nitrogens with one attached hydrogen (secondary N) is 1. The van der Waals surface area contributed by atoms with Crippen molar-refractivity contribution >= 4 is 6.29 Å². The average molecular weight is 226 g/mol. The minimum atomic E-state index is -0.593. The molecule has 1 saturated heterocycles. The van der Waals surface area contributed by atoms with Gasteiger partial charge in [0, 0.05) is 26.0 Å². The van der Waals surface area contributed by atoms with E-state index in [-0.39, 0.29) is 12.8 Å². The van der Waals surface area contributed by atoms with Crippen molar-refractivity contribution in [3.8, 4) is 0 Å². The fourth-order valence-electron chi connectivity index (χ4n) is 1.72. The molecule has 0 spiro atoms. The number of H-pyrrole nitrogens is 1. The number of hydrogen-bond acceptors (Lipinski definition) is 4. The van der Waals surface area contributed by atoms with E-state index >= 15 is 0 Å². The summed E-state index contributed by atoms with van der Waals surface area (Å²) < 4.78 is 13.9. The van der Waals surface area contributed by atoms with Gasteiger partial charge in [-0.1, -0.05) is 0 Å². The third kappa shape index (κ3) is 1.83. The van der Waals surface area contributed by atoms with Crippen LogP contribution in [0.2, 0.25) is 0 Å². The van der Waals surface area contributed by atoms with Crippen LogP contribution in [0.5, 0.6) is 0 Å². The lowest BCUT2D eigenvalue weighted by Gasteiger charge is -2.12. The highest BCUT2D eigenvalue weighted by Crippen LogP contribution is 2.30. The van der Waals surface area contributed by atoms with Crippen molar-refractivity contribution in [2.75, 3.05) is 0 Å². The molecule has 1 aliphatic rings. The summed E-state index contributed by atoms with van der Waals surface area (Å²) in [5.74, 6) is -0.378. The Bertz CT molecular complexity index is 524. The fourth-order valence-corrected chi connectivity index (χ4v) is 1.72. The van der Waals surface area contributed by atoms with Gasteiger partial charge < -0.3 is 9.53 Å². The molecule has 0 aromatic carbocycles. The first-order valence-electron chi connectivity index (χ1n) is 5.58. The number of aldehydes is 1. The summed E-state index contributed by atoms with van der Waals surface area (Å²) in [6.45, 7) is -0.0298. The van der Waals surface area contributed by atoms with Crippen LogP contribution < -0.4 is 11.2 Å². The van der Waals surface area contributed by atoms with Crippen molar-refractivity contribution in [3.05, 3.63) is 33.1 Å². The van der Waals surface area contributed by atoms with Crippen LogP contribution in [0.3, 0.4) is 0 Å². The lowest BCUT2D eigenvalue weighted by molar-refractivity contribution is -0.112. The SMILES string of the molecule is [3H]C[C@H]1O[C@@H](n2ccc(=O)[nH]c2=O)C[C@@H]1C=O. The van der Waals surface area contributed by atoms with Gasteiger partial charge in [-0.3, -0.25) is 14.3 Å². The highest BCUT2D eigenvalue weighted by atomic mass is 16.5. The number of aromatic amines is 1. The third-order valence-electron chi connectivity index (χ3n) is 2.62. The Kier molecular flexibility index (Phi) is 2.41. The molecular formula is C10H12N2O4. The minimum absolute atomic E-state index is 0.0298. The van der Waals surface area contributed by atoms with Gasteiger partial charge in [0.05, 0.1) is 6.10 Å². The molecule has 0 radical (unpaired) electrons. The van der Waals surface area contributed by atoms with Gasteiger partial charge >= 0.3 is 5.69 Å². The van der Waals surface area contributed by atoms with E-state index in [4.69, 9.17) is 6.11 Å². The molecule has 0 unspecified atom stereocenters. The summed E-state index contributed by atoms with van der Waals surface area (Å²) in [7, 11) is 0. The normalized spacial score (nSPS) is 30.0. The van der Waals surface area contributed by atoms with Gasteiger partial charge in [0.15, 0.2) is 0 Å². The molecule has 2 heterocycles. The number of aromatic nitrogens is 2. The molecule has 0 aliphatic carbocycles. The summed E-state index contributed by atoms with van der Waals surface area (Å²) in [5.41, 5.74) is -1.05. The molecule has 6 heteroatoms. The Morgan fingerprint density at radius 2 is 2.50 bits per heavy atom. The quantitative estimate of drug-likeness (QED) is 0.699. The molecule has 0 amide bonds. The highest BCUT2D eigenvalue weighted by Gasteiger charge is 2.33. The molecule has 6 nitrogen and oxygen atoms in total. The van der Waals surface area contributed by atoms with Gasteiger partial charge in [-0.05, 0) is 6.90 Å². The monoisotopic (exact) mass is 226 g/mol. The smallest absolute Gasteiger partial charge is 0.330 e. The molecular weight excluding hydrogens is 212 g/mol. The molecule has 1 N–H and O–H groups in total. The predicted octanol–water partition coefficient (Wildman–Crippen LogP) is -0.341. The van der Waals surface area contributed by atoms with Crippen LogP contribution in [-0.2, 0) is 9.53 Å². The van der Waals surface area contributed by atoms with Gasteiger partial charge in [-0.15, -0.1) is 0 Å².